The summed E-state index contributed by atoms with van der Waals surface area (Å²) in [5.74, 6) is 1.51. The molecule has 1 aromatic carbocycles. The number of hydrogen-bond acceptors (Lipinski definition) is 4. The van der Waals surface area contributed by atoms with E-state index in [-0.39, 0.29) is 11.9 Å². The van der Waals surface area contributed by atoms with E-state index in [0.717, 1.165) is 16.9 Å². The first-order chi connectivity index (χ1) is 13.0. The van der Waals surface area contributed by atoms with Gasteiger partial charge in [0.2, 0.25) is 5.91 Å². The van der Waals surface area contributed by atoms with Crippen molar-refractivity contribution in [2.75, 3.05) is 33.4 Å². The van der Waals surface area contributed by atoms with Crippen LogP contribution in [0.5, 0.6) is 5.75 Å². The van der Waals surface area contributed by atoms with Crippen LogP contribution >= 0.6 is 0 Å². The van der Waals surface area contributed by atoms with Gasteiger partial charge in [-0.3, -0.25) is 9.79 Å². The molecule has 0 aliphatic heterocycles. The van der Waals surface area contributed by atoms with Crippen molar-refractivity contribution in [1.82, 2.24) is 16.0 Å². The van der Waals surface area contributed by atoms with Gasteiger partial charge < -0.3 is 25.4 Å². The van der Waals surface area contributed by atoms with Crippen molar-refractivity contribution in [3.8, 4) is 5.75 Å². The van der Waals surface area contributed by atoms with Gasteiger partial charge in [0.05, 0.1) is 6.61 Å². The van der Waals surface area contributed by atoms with Gasteiger partial charge in [-0.25, -0.2) is 0 Å². The summed E-state index contributed by atoms with van der Waals surface area (Å²) in [5, 5.41) is 9.28. The molecule has 0 aliphatic rings. The second kappa shape index (κ2) is 13.0. The summed E-state index contributed by atoms with van der Waals surface area (Å²) in [6.07, 6.45) is 0.398. The lowest BCUT2D eigenvalue weighted by atomic mass is 10.1. The highest BCUT2D eigenvalue weighted by molar-refractivity contribution is 5.81. The van der Waals surface area contributed by atoms with Crippen LogP contribution < -0.4 is 20.7 Å². The second-order valence-corrected chi connectivity index (χ2v) is 6.48. The number of amides is 1. The van der Waals surface area contributed by atoms with Crippen LogP contribution in [0.2, 0.25) is 0 Å². The van der Waals surface area contributed by atoms with E-state index in [0.29, 0.717) is 45.3 Å². The number of ether oxygens (including phenoxy) is 2. The van der Waals surface area contributed by atoms with Crippen molar-refractivity contribution in [2.24, 2.45) is 4.99 Å². The molecule has 1 aromatic rings. The first kappa shape index (κ1) is 22.8. The molecule has 0 heterocycles. The van der Waals surface area contributed by atoms with Crippen LogP contribution in [0, 0.1) is 6.92 Å². The fourth-order valence-corrected chi connectivity index (χ4v) is 2.39. The van der Waals surface area contributed by atoms with E-state index >= 15 is 0 Å². The van der Waals surface area contributed by atoms with Crippen LogP contribution in [0.25, 0.3) is 0 Å². The van der Waals surface area contributed by atoms with Crippen molar-refractivity contribution in [2.45, 2.75) is 46.7 Å². The Morgan fingerprint density at radius 3 is 2.67 bits per heavy atom. The molecule has 0 fully saturated rings. The van der Waals surface area contributed by atoms with E-state index in [2.05, 4.69) is 27.0 Å². The molecule has 1 rings (SSSR count). The van der Waals surface area contributed by atoms with Gasteiger partial charge in [-0.05, 0) is 39.3 Å². The van der Waals surface area contributed by atoms with Gasteiger partial charge in [-0.15, -0.1) is 0 Å². The van der Waals surface area contributed by atoms with E-state index in [1.54, 1.807) is 7.05 Å². The summed E-state index contributed by atoms with van der Waals surface area (Å²) >= 11 is 0. The van der Waals surface area contributed by atoms with Crippen molar-refractivity contribution >= 4 is 11.9 Å². The summed E-state index contributed by atoms with van der Waals surface area (Å²) in [6.45, 7) is 10.8. The molecule has 27 heavy (non-hydrogen) atoms. The maximum absolute atomic E-state index is 11.7. The predicted octanol–water partition coefficient (Wildman–Crippen LogP) is 1.99. The number of guanidine groups is 1. The number of carbonyl (C=O) groups is 1. The van der Waals surface area contributed by atoms with Crippen LogP contribution in [0.15, 0.2) is 23.2 Å². The van der Waals surface area contributed by atoms with Gasteiger partial charge >= 0.3 is 0 Å². The standard InChI is InChI=1S/C20H34N4O3/c1-6-26-11-12-27-18-13-16(4)7-8-17(18)14-23-20(21-5)22-10-9-19(25)24-15(2)3/h7-8,13,15H,6,9-12,14H2,1-5H3,(H,24,25)(H2,21,22,23). The monoisotopic (exact) mass is 378 g/mol. The van der Waals surface area contributed by atoms with E-state index < -0.39 is 0 Å². The Morgan fingerprint density at radius 1 is 1.22 bits per heavy atom. The van der Waals surface area contributed by atoms with Crippen molar-refractivity contribution < 1.29 is 14.3 Å². The van der Waals surface area contributed by atoms with Crippen LogP contribution in [0.3, 0.4) is 0 Å². The number of aliphatic imine (C=N–C) groups is 1. The highest BCUT2D eigenvalue weighted by atomic mass is 16.5. The number of aryl methyl sites for hydroxylation is 1. The summed E-state index contributed by atoms with van der Waals surface area (Å²) in [5.41, 5.74) is 2.18. The maximum Gasteiger partial charge on any atom is 0.221 e. The molecule has 0 aromatic heterocycles. The Hall–Kier alpha value is -2.28. The molecule has 0 unspecified atom stereocenters. The normalized spacial score (nSPS) is 11.4. The molecule has 0 bridgehead atoms. The Balaban J connectivity index is 2.50. The molecule has 7 nitrogen and oxygen atoms in total. The number of nitrogens with zero attached hydrogens (tertiary/aromatic N) is 1. The summed E-state index contributed by atoms with van der Waals surface area (Å²) < 4.78 is 11.2. The molecule has 152 valence electrons. The van der Waals surface area contributed by atoms with Gasteiger partial charge in [0.15, 0.2) is 5.96 Å². The minimum Gasteiger partial charge on any atom is -0.491 e. The van der Waals surface area contributed by atoms with Crippen molar-refractivity contribution in [1.29, 1.82) is 0 Å². The SMILES string of the molecule is CCOCCOc1cc(C)ccc1CNC(=NC)NCCC(=O)NC(C)C. The molecule has 0 spiro atoms. The van der Waals surface area contributed by atoms with Crippen LogP contribution in [0.1, 0.15) is 38.3 Å². The molecular weight excluding hydrogens is 344 g/mol. The smallest absolute Gasteiger partial charge is 0.221 e. The molecule has 0 atom stereocenters. The van der Waals surface area contributed by atoms with Crippen molar-refractivity contribution in [3.63, 3.8) is 0 Å². The molecule has 7 heteroatoms. The molecular formula is C20H34N4O3. The average Bonchev–Trinajstić information content (AvgIpc) is 2.62. The molecule has 0 radical (unpaired) electrons. The lowest BCUT2D eigenvalue weighted by Crippen LogP contribution is -2.39. The second-order valence-electron chi connectivity index (χ2n) is 6.48. The van der Waals surface area contributed by atoms with E-state index in [1.165, 1.54) is 0 Å². The maximum atomic E-state index is 11.7. The lowest BCUT2D eigenvalue weighted by molar-refractivity contribution is -0.121. The number of benzene rings is 1. The first-order valence-corrected chi connectivity index (χ1v) is 9.50. The number of nitrogens with one attached hydrogen (secondary N) is 3. The van der Waals surface area contributed by atoms with E-state index in [4.69, 9.17) is 9.47 Å². The van der Waals surface area contributed by atoms with Crippen LogP contribution in [0.4, 0.5) is 0 Å². The molecule has 0 saturated heterocycles. The summed E-state index contributed by atoms with van der Waals surface area (Å²) in [7, 11) is 1.71. The molecule has 3 N–H and O–H groups in total. The quantitative estimate of drug-likeness (QED) is 0.312. The molecule has 0 aliphatic carbocycles. The first-order valence-electron chi connectivity index (χ1n) is 9.50. The fraction of sp³-hybridized carbons (Fsp3) is 0.600. The Kier molecular flexibility index (Phi) is 10.9. The van der Waals surface area contributed by atoms with E-state index in [1.807, 2.05) is 39.8 Å². The number of carbonyl (C=O) groups excluding carboxylic acids is 1. The zero-order valence-corrected chi connectivity index (χ0v) is 17.2. The van der Waals surface area contributed by atoms with Gasteiger partial charge in [-0.1, -0.05) is 12.1 Å². The van der Waals surface area contributed by atoms with Crippen LogP contribution in [-0.2, 0) is 16.1 Å². The van der Waals surface area contributed by atoms with Gasteiger partial charge in [0.25, 0.3) is 0 Å². The zero-order valence-electron chi connectivity index (χ0n) is 17.2. The fourth-order valence-electron chi connectivity index (χ4n) is 2.39. The molecule has 1 amide bonds. The number of hydrogen-bond donors (Lipinski definition) is 3. The topological polar surface area (TPSA) is 84.0 Å². The number of rotatable bonds is 11. The summed E-state index contributed by atoms with van der Waals surface area (Å²) in [6, 6.07) is 6.27. The van der Waals surface area contributed by atoms with Crippen molar-refractivity contribution in [3.05, 3.63) is 29.3 Å². The molecule has 0 saturated carbocycles. The minimum atomic E-state index is 0.0245. The highest BCUT2D eigenvalue weighted by Gasteiger charge is 2.07. The predicted molar refractivity (Wildman–Crippen MR) is 109 cm³/mol. The Bertz CT molecular complexity index is 603. The zero-order chi connectivity index (χ0) is 20.1. The Labute approximate surface area is 162 Å². The van der Waals surface area contributed by atoms with Gasteiger partial charge in [0, 0.05) is 44.8 Å². The van der Waals surface area contributed by atoms with E-state index in [9.17, 15) is 4.79 Å². The largest absolute Gasteiger partial charge is 0.491 e. The Morgan fingerprint density at radius 2 is 2.00 bits per heavy atom. The lowest BCUT2D eigenvalue weighted by Gasteiger charge is -2.16. The van der Waals surface area contributed by atoms with Crippen LogP contribution in [-0.4, -0.2) is 51.3 Å². The summed E-state index contributed by atoms with van der Waals surface area (Å²) in [4.78, 5) is 15.9. The minimum absolute atomic E-state index is 0.0245. The third kappa shape index (κ3) is 9.84. The average molecular weight is 379 g/mol. The third-order valence-corrected chi connectivity index (χ3v) is 3.68. The van der Waals surface area contributed by atoms with Gasteiger partial charge in [0.1, 0.15) is 12.4 Å². The highest BCUT2D eigenvalue weighted by Crippen LogP contribution is 2.20. The third-order valence-electron chi connectivity index (χ3n) is 3.68. The van der Waals surface area contributed by atoms with Gasteiger partial charge in [-0.2, -0.15) is 0 Å².